The van der Waals surface area contributed by atoms with Crippen LogP contribution in [0.5, 0.6) is 0 Å². The summed E-state index contributed by atoms with van der Waals surface area (Å²) < 4.78 is 4.70. The second kappa shape index (κ2) is 8.67. The van der Waals surface area contributed by atoms with Crippen LogP contribution in [0.1, 0.15) is 36.5 Å². The Labute approximate surface area is 141 Å². The Morgan fingerprint density at radius 3 is 2.67 bits per heavy atom. The monoisotopic (exact) mass is 327 g/mol. The molecule has 6 heteroatoms. The predicted octanol–water partition coefficient (Wildman–Crippen LogP) is 3.74. The third kappa shape index (κ3) is 5.08. The lowest BCUT2D eigenvalue weighted by molar-refractivity contribution is -0.116. The van der Waals surface area contributed by atoms with E-state index in [-0.39, 0.29) is 11.9 Å². The SMILES string of the molecule is CCCCC(=O)Nc1ccc(Nc2cccc(C(=O)OC)c2)cn1. The van der Waals surface area contributed by atoms with Crippen molar-refractivity contribution in [2.24, 2.45) is 0 Å². The van der Waals surface area contributed by atoms with Gasteiger partial charge < -0.3 is 15.4 Å². The fourth-order valence-electron chi connectivity index (χ4n) is 2.09. The normalized spacial score (nSPS) is 10.1. The number of carbonyl (C=O) groups excluding carboxylic acids is 2. The van der Waals surface area contributed by atoms with Gasteiger partial charge in [0, 0.05) is 12.1 Å². The first-order chi connectivity index (χ1) is 11.6. The van der Waals surface area contributed by atoms with Gasteiger partial charge in [0.1, 0.15) is 5.82 Å². The van der Waals surface area contributed by atoms with E-state index in [1.807, 2.05) is 19.1 Å². The molecule has 0 fully saturated rings. The van der Waals surface area contributed by atoms with E-state index in [1.165, 1.54) is 7.11 Å². The quantitative estimate of drug-likeness (QED) is 0.757. The molecule has 0 saturated heterocycles. The number of nitrogens with zero attached hydrogens (tertiary/aromatic N) is 1. The highest BCUT2D eigenvalue weighted by atomic mass is 16.5. The van der Waals surface area contributed by atoms with E-state index in [1.54, 1.807) is 30.5 Å². The van der Waals surface area contributed by atoms with Gasteiger partial charge in [-0.2, -0.15) is 0 Å². The predicted molar refractivity (Wildman–Crippen MR) is 93.5 cm³/mol. The molecule has 1 aromatic carbocycles. The van der Waals surface area contributed by atoms with Crippen molar-refractivity contribution in [2.45, 2.75) is 26.2 Å². The molecule has 0 saturated carbocycles. The molecule has 1 heterocycles. The summed E-state index contributed by atoms with van der Waals surface area (Å²) in [5.41, 5.74) is 1.97. The molecule has 0 aliphatic carbocycles. The summed E-state index contributed by atoms with van der Waals surface area (Å²) in [4.78, 5) is 27.4. The first kappa shape index (κ1) is 17.5. The van der Waals surface area contributed by atoms with Crippen molar-refractivity contribution in [3.63, 3.8) is 0 Å². The number of unbranched alkanes of at least 4 members (excludes halogenated alkanes) is 1. The van der Waals surface area contributed by atoms with Crippen LogP contribution in [0.15, 0.2) is 42.6 Å². The summed E-state index contributed by atoms with van der Waals surface area (Å²) in [5.74, 6) is 0.0997. The van der Waals surface area contributed by atoms with Gasteiger partial charge >= 0.3 is 5.97 Å². The molecule has 126 valence electrons. The average Bonchev–Trinajstić information content (AvgIpc) is 2.61. The molecule has 2 N–H and O–H groups in total. The molecule has 0 spiro atoms. The molecule has 0 atom stereocenters. The molecule has 24 heavy (non-hydrogen) atoms. The molecule has 6 nitrogen and oxygen atoms in total. The van der Waals surface area contributed by atoms with E-state index in [2.05, 4.69) is 15.6 Å². The molecule has 2 rings (SSSR count). The molecule has 0 aliphatic rings. The molecule has 0 radical (unpaired) electrons. The highest BCUT2D eigenvalue weighted by Gasteiger charge is 2.06. The zero-order valence-corrected chi connectivity index (χ0v) is 13.8. The number of carbonyl (C=O) groups is 2. The van der Waals surface area contributed by atoms with Crippen LogP contribution in [0.4, 0.5) is 17.2 Å². The van der Waals surface area contributed by atoms with Gasteiger partial charge in [-0.1, -0.05) is 19.4 Å². The second-order valence-corrected chi connectivity index (χ2v) is 5.28. The van der Waals surface area contributed by atoms with Crippen LogP contribution in [0.25, 0.3) is 0 Å². The van der Waals surface area contributed by atoms with Crippen molar-refractivity contribution in [1.29, 1.82) is 0 Å². The summed E-state index contributed by atoms with van der Waals surface area (Å²) >= 11 is 0. The number of ether oxygens (including phenoxy) is 1. The maximum Gasteiger partial charge on any atom is 0.337 e. The molecular formula is C18H21N3O3. The number of rotatable bonds is 7. The van der Waals surface area contributed by atoms with Crippen LogP contribution in [0.2, 0.25) is 0 Å². The molecular weight excluding hydrogens is 306 g/mol. The van der Waals surface area contributed by atoms with Crippen molar-refractivity contribution in [2.75, 3.05) is 17.7 Å². The van der Waals surface area contributed by atoms with Crippen LogP contribution in [-0.4, -0.2) is 24.0 Å². The second-order valence-electron chi connectivity index (χ2n) is 5.28. The third-order valence-electron chi connectivity index (χ3n) is 3.36. The van der Waals surface area contributed by atoms with E-state index < -0.39 is 0 Å². The smallest absolute Gasteiger partial charge is 0.337 e. The lowest BCUT2D eigenvalue weighted by Crippen LogP contribution is -2.12. The van der Waals surface area contributed by atoms with Crippen molar-refractivity contribution in [1.82, 2.24) is 4.98 Å². The molecule has 0 aliphatic heterocycles. The van der Waals surface area contributed by atoms with E-state index in [0.717, 1.165) is 24.2 Å². The Hall–Kier alpha value is -2.89. The molecule has 1 aromatic heterocycles. The van der Waals surface area contributed by atoms with Gasteiger partial charge in [-0.15, -0.1) is 0 Å². The standard InChI is InChI=1S/C18H21N3O3/c1-3-4-8-17(22)21-16-10-9-15(12-19-16)20-14-7-5-6-13(11-14)18(23)24-2/h5-7,9-12,20H,3-4,8H2,1-2H3,(H,19,21,22). The van der Waals surface area contributed by atoms with E-state index >= 15 is 0 Å². The average molecular weight is 327 g/mol. The molecule has 0 unspecified atom stereocenters. The minimum absolute atomic E-state index is 0.0316. The summed E-state index contributed by atoms with van der Waals surface area (Å²) in [6, 6.07) is 10.5. The van der Waals surface area contributed by atoms with Crippen LogP contribution in [0, 0.1) is 0 Å². The van der Waals surface area contributed by atoms with Gasteiger partial charge in [0.15, 0.2) is 0 Å². The van der Waals surface area contributed by atoms with E-state index in [4.69, 9.17) is 4.74 Å². The summed E-state index contributed by atoms with van der Waals surface area (Å²) in [7, 11) is 1.35. The number of anilines is 3. The largest absolute Gasteiger partial charge is 0.465 e. The Bertz CT molecular complexity index is 699. The summed E-state index contributed by atoms with van der Waals surface area (Å²) in [5, 5.41) is 5.92. The third-order valence-corrected chi connectivity index (χ3v) is 3.36. The minimum atomic E-state index is -0.387. The molecule has 1 amide bonds. The number of amides is 1. The van der Waals surface area contributed by atoms with Gasteiger partial charge in [-0.25, -0.2) is 9.78 Å². The van der Waals surface area contributed by atoms with Crippen LogP contribution >= 0.6 is 0 Å². The summed E-state index contributed by atoms with van der Waals surface area (Å²) in [6.45, 7) is 2.04. The maximum absolute atomic E-state index is 11.7. The Morgan fingerprint density at radius 1 is 1.17 bits per heavy atom. The van der Waals surface area contributed by atoms with Gasteiger partial charge in [0.25, 0.3) is 0 Å². The van der Waals surface area contributed by atoms with Gasteiger partial charge in [0.05, 0.1) is 24.6 Å². The number of aromatic nitrogens is 1. The zero-order valence-electron chi connectivity index (χ0n) is 13.8. The lowest BCUT2D eigenvalue weighted by atomic mass is 10.2. The topological polar surface area (TPSA) is 80.3 Å². The highest BCUT2D eigenvalue weighted by Crippen LogP contribution is 2.18. The van der Waals surface area contributed by atoms with E-state index in [0.29, 0.717) is 17.8 Å². The first-order valence-corrected chi connectivity index (χ1v) is 7.83. The number of pyridine rings is 1. The van der Waals surface area contributed by atoms with Gasteiger partial charge in [-0.05, 0) is 36.8 Å². The minimum Gasteiger partial charge on any atom is -0.465 e. The number of hydrogen-bond donors (Lipinski definition) is 2. The van der Waals surface area contributed by atoms with Crippen LogP contribution < -0.4 is 10.6 Å². The number of methoxy groups -OCH3 is 1. The zero-order chi connectivity index (χ0) is 17.4. The van der Waals surface area contributed by atoms with Crippen LogP contribution in [-0.2, 0) is 9.53 Å². The fourth-order valence-corrected chi connectivity index (χ4v) is 2.09. The summed E-state index contributed by atoms with van der Waals surface area (Å²) in [6.07, 6.45) is 3.97. The van der Waals surface area contributed by atoms with Crippen molar-refractivity contribution >= 4 is 29.1 Å². The number of hydrogen-bond acceptors (Lipinski definition) is 5. The van der Waals surface area contributed by atoms with Crippen molar-refractivity contribution in [3.05, 3.63) is 48.2 Å². The van der Waals surface area contributed by atoms with Crippen molar-refractivity contribution < 1.29 is 14.3 Å². The van der Waals surface area contributed by atoms with Gasteiger partial charge in [-0.3, -0.25) is 4.79 Å². The number of benzene rings is 1. The van der Waals surface area contributed by atoms with Gasteiger partial charge in [0.2, 0.25) is 5.91 Å². The lowest BCUT2D eigenvalue weighted by Gasteiger charge is -2.09. The first-order valence-electron chi connectivity index (χ1n) is 7.83. The Morgan fingerprint density at radius 2 is 2.00 bits per heavy atom. The number of esters is 1. The Kier molecular flexibility index (Phi) is 6.31. The Balaban J connectivity index is 1.99. The fraction of sp³-hybridized carbons (Fsp3) is 0.278. The molecule has 0 bridgehead atoms. The maximum atomic E-state index is 11.7. The van der Waals surface area contributed by atoms with Crippen molar-refractivity contribution in [3.8, 4) is 0 Å². The van der Waals surface area contributed by atoms with E-state index in [9.17, 15) is 9.59 Å². The van der Waals surface area contributed by atoms with Crippen LogP contribution in [0.3, 0.4) is 0 Å². The highest BCUT2D eigenvalue weighted by molar-refractivity contribution is 5.91. The molecule has 2 aromatic rings. The number of nitrogens with one attached hydrogen (secondary N) is 2.